The summed E-state index contributed by atoms with van der Waals surface area (Å²) in [5, 5.41) is 0. The number of rotatable bonds is 1. The van der Waals surface area contributed by atoms with Crippen molar-refractivity contribution in [3.8, 4) is 0 Å². The molecule has 0 aliphatic heterocycles. The third kappa shape index (κ3) is 2.09. The summed E-state index contributed by atoms with van der Waals surface area (Å²) in [6.45, 7) is 2.04. The molecule has 0 saturated carbocycles. The first kappa shape index (κ1) is 8.34. The van der Waals surface area contributed by atoms with Crippen LogP contribution in [0.2, 0.25) is 0 Å². The molecular weight excluding hydrogens is 136 g/mol. The van der Waals surface area contributed by atoms with Crippen molar-refractivity contribution in [3.63, 3.8) is 0 Å². The number of allylic oxidation sites excluding steroid dienone is 2. The molecule has 0 bridgehead atoms. The van der Waals surface area contributed by atoms with Gasteiger partial charge >= 0.3 is 0 Å². The predicted octanol–water partition coefficient (Wildman–Crippen LogP) is 1.29. The molecule has 2 nitrogen and oxygen atoms in total. The zero-order valence-corrected chi connectivity index (χ0v) is 7.01. The second-order valence-electron chi connectivity index (χ2n) is 3.11. The Balaban J connectivity index is 2.61. The van der Waals surface area contributed by atoms with Gasteiger partial charge in [0, 0.05) is 6.04 Å². The Labute approximate surface area is 68.0 Å². The molecule has 0 radical (unpaired) electrons. The summed E-state index contributed by atoms with van der Waals surface area (Å²) >= 11 is 0. The van der Waals surface area contributed by atoms with Crippen LogP contribution in [0.25, 0.3) is 0 Å². The lowest BCUT2D eigenvalue weighted by Crippen LogP contribution is -2.21. The smallest absolute Gasteiger partial charge is 0.00767 e. The normalized spacial score (nSPS) is 26.5. The van der Waals surface area contributed by atoms with Crippen molar-refractivity contribution >= 4 is 0 Å². The minimum Gasteiger partial charge on any atom is -0.404 e. The molecule has 2 heteroatoms. The van der Waals surface area contributed by atoms with Crippen molar-refractivity contribution in [2.45, 2.75) is 32.2 Å². The second-order valence-corrected chi connectivity index (χ2v) is 3.11. The fraction of sp³-hybridized carbons (Fsp3) is 0.556. The first-order valence-electron chi connectivity index (χ1n) is 4.07. The summed E-state index contributed by atoms with van der Waals surface area (Å²) in [6.07, 6.45) is 7.05. The van der Waals surface area contributed by atoms with Crippen LogP contribution in [0.5, 0.6) is 0 Å². The monoisotopic (exact) mass is 152 g/mol. The maximum Gasteiger partial charge on any atom is 0.00767 e. The minimum absolute atomic E-state index is 0.365. The van der Waals surface area contributed by atoms with Gasteiger partial charge in [-0.15, -0.1) is 0 Å². The van der Waals surface area contributed by atoms with Crippen LogP contribution in [0.15, 0.2) is 23.4 Å². The van der Waals surface area contributed by atoms with E-state index in [9.17, 15) is 0 Å². The van der Waals surface area contributed by atoms with Crippen LogP contribution in [-0.2, 0) is 0 Å². The Morgan fingerprint density at radius 2 is 2.45 bits per heavy atom. The maximum atomic E-state index is 5.74. The summed E-state index contributed by atoms with van der Waals surface area (Å²) in [7, 11) is 0. The van der Waals surface area contributed by atoms with Crippen molar-refractivity contribution in [2.75, 3.05) is 0 Å². The van der Waals surface area contributed by atoms with Gasteiger partial charge < -0.3 is 11.5 Å². The lowest BCUT2D eigenvalue weighted by molar-refractivity contribution is 0.592. The van der Waals surface area contributed by atoms with Crippen LogP contribution in [-0.4, -0.2) is 6.04 Å². The third-order valence-electron chi connectivity index (χ3n) is 2.21. The average Bonchev–Trinajstić information content (AvgIpc) is 2.05. The van der Waals surface area contributed by atoms with Gasteiger partial charge in [0.05, 0.1) is 0 Å². The number of nitrogens with two attached hydrogens (primary N) is 2. The van der Waals surface area contributed by atoms with Gasteiger partial charge in [-0.2, -0.15) is 0 Å². The van der Waals surface area contributed by atoms with E-state index >= 15 is 0 Å². The molecule has 0 aromatic rings. The molecule has 0 saturated heterocycles. The summed E-state index contributed by atoms with van der Waals surface area (Å²) in [5.41, 5.74) is 13.7. The minimum atomic E-state index is 0.365. The highest BCUT2D eigenvalue weighted by Gasteiger charge is 2.10. The van der Waals surface area contributed by atoms with Gasteiger partial charge in [-0.1, -0.05) is 6.08 Å². The lowest BCUT2D eigenvalue weighted by atomic mass is 9.92. The van der Waals surface area contributed by atoms with Gasteiger partial charge in [-0.25, -0.2) is 0 Å². The molecule has 0 heterocycles. The van der Waals surface area contributed by atoms with E-state index < -0.39 is 0 Å². The zero-order valence-electron chi connectivity index (χ0n) is 7.01. The van der Waals surface area contributed by atoms with Gasteiger partial charge in [-0.3, -0.25) is 0 Å². The molecule has 0 amide bonds. The molecular formula is C9H16N2. The molecule has 1 atom stereocenters. The highest BCUT2D eigenvalue weighted by Crippen LogP contribution is 2.22. The molecule has 1 aliphatic rings. The molecule has 1 unspecified atom stereocenters. The van der Waals surface area contributed by atoms with E-state index in [1.165, 1.54) is 11.1 Å². The maximum absolute atomic E-state index is 5.74. The van der Waals surface area contributed by atoms with Crippen LogP contribution < -0.4 is 11.5 Å². The SMILES string of the molecule is C/C(=C\N)C1=CCC(N)CC1. The van der Waals surface area contributed by atoms with Crippen LogP contribution in [0.4, 0.5) is 0 Å². The largest absolute Gasteiger partial charge is 0.404 e. The Morgan fingerprint density at radius 1 is 1.73 bits per heavy atom. The van der Waals surface area contributed by atoms with Crippen LogP contribution in [0.1, 0.15) is 26.2 Å². The molecule has 0 aromatic carbocycles. The summed E-state index contributed by atoms with van der Waals surface area (Å²) in [4.78, 5) is 0. The topological polar surface area (TPSA) is 52.0 Å². The molecule has 1 aliphatic carbocycles. The third-order valence-corrected chi connectivity index (χ3v) is 2.21. The van der Waals surface area contributed by atoms with Crippen molar-refractivity contribution < 1.29 is 0 Å². The lowest BCUT2D eigenvalue weighted by Gasteiger charge is -2.18. The van der Waals surface area contributed by atoms with E-state index in [1.807, 2.05) is 6.92 Å². The molecule has 11 heavy (non-hydrogen) atoms. The van der Waals surface area contributed by atoms with E-state index in [2.05, 4.69) is 6.08 Å². The number of hydrogen-bond acceptors (Lipinski definition) is 2. The van der Waals surface area contributed by atoms with Gasteiger partial charge in [0.25, 0.3) is 0 Å². The van der Waals surface area contributed by atoms with Crippen molar-refractivity contribution in [3.05, 3.63) is 23.4 Å². The predicted molar refractivity (Wildman–Crippen MR) is 47.9 cm³/mol. The summed E-state index contributed by atoms with van der Waals surface area (Å²) in [6, 6.07) is 0.365. The molecule has 0 fully saturated rings. The van der Waals surface area contributed by atoms with E-state index in [1.54, 1.807) is 6.20 Å². The zero-order chi connectivity index (χ0) is 8.27. The molecule has 4 N–H and O–H groups in total. The van der Waals surface area contributed by atoms with E-state index in [0.717, 1.165) is 19.3 Å². The molecule has 0 spiro atoms. The summed E-state index contributed by atoms with van der Waals surface area (Å²) < 4.78 is 0. The molecule has 0 aromatic heterocycles. The van der Waals surface area contributed by atoms with E-state index in [-0.39, 0.29) is 0 Å². The highest BCUT2D eigenvalue weighted by atomic mass is 14.6. The fourth-order valence-corrected chi connectivity index (χ4v) is 1.32. The van der Waals surface area contributed by atoms with Crippen molar-refractivity contribution in [1.29, 1.82) is 0 Å². The standard InChI is InChI=1S/C9H16N2/c1-7(6-10)8-2-4-9(11)5-3-8/h2,6,9H,3-5,10-11H2,1H3/b7-6+. The molecule has 62 valence electrons. The highest BCUT2D eigenvalue weighted by molar-refractivity contribution is 5.29. The van der Waals surface area contributed by atoms with Crippen LogP contribution >= 0.6 is 0 Å². The first-order valence-corrected chi connectivity index (χ1v) is 4.07. The first-order chi connectivity index (χ1) is 5.24. The summed E-state index contributed by atoms with van der Waals surface area (Å²) in [5.74, 6) is 0. The Kier molecular flexibility index (Phi) is 2.71. The van der Waals surface area contributed by atoms with Gasteiger partial charge in [-0.05, 0) is 43.5 Å². The van der Waals surface area contributed by atoms with Gasteiger partial charge in [0.1, 0.15) is 0 Å². The average molecular weight is 152 g/mol. The van der Waals surface area contributed by atoms with Gasteiger partial charge in [0.2, 0.25) is 0 Å². The Bertz CT molecular complexity index is 192. The van der Waals surface area contributed by atoms with Crippen LogP contribution in [0.3, 0.4) is 0 Å². The number of hydrogen-bond donors (Lipinski definition) is 2. The Morgan fingerprint density at radius 3 is 2.91 bits per heavy atom. The quantitative estimate of drug-likeness (QED) is 0.594. The molecule has 1 rings (SSSR count). The second kappa shape index (κ2) is 3.58. The van der Waals surface area contributed by atoms with Gasteiger partial charge in [0.15, 0.2) is 0 Å². The van der Waals surface area contributed by atoms with Crippen molar-refractivity contribution in [1.82, 2.24) is 0 Å². The van der Waals surface area contributed by atoms with E-state index in [0.29, 0.717) is 6.04 Å². The van der Waals surface area contributed by atoms with Crippen molar-refractivity contribution in [2.24, 2.45) is 11.5 Å². The van der Waals surface area contributed by atoms with E-state index in [4.69, 9.17) is 11.5 Å². The fourth-order valence-electron chi connectivity index (χ4n) is 1.32. The Hall–Kier alpha value is -0.760. The van der Waals surface area contributed by atoms with Crippen LogP contribution in [0, 0.1) is 0 Å².